The van der Waals surface area contributed by atoms with E-state index in [0.29, 0.717) is 0 Å². The quantitative estimate of drug-likeness (QED) is 0.0841. The van der Waals surface area contributed by atoms with Crippen LogP contribution in [0.3, 0.4) is 0 Å². The molecule has 50 heavy (non-hydrogen) atoms. The molecular formula is C44H42N2O2S2. The lowest BCUT2D eigenvalue weighted by atomic mass is 9.85. The fraction of sp³-hybridized carbons (Fsp3) is 0.182. The van der Waals surface area contributed by atoms with Gasteiger partial charge >= 0.3 is 0 Å². The fourth-order valence-corrected chi connectivity index (χ4v) is 8.17. The van der Waals surface area contributed by atoms with Crippen LogP contribution in [0.5, 0.6) is 0 Å². The van der Waals surface area contributed by atoms with Gasteiger partial charge in [0.25, 0.3) is 0 Å². The standard InChI is InChI=1S/C44H42N2O2S2/c1-5-45(6-2)37-21-17-35(18-22-37)44(36-19-23-38(24-20-36)46(7-3)8-4)43(33-13-9-31(10-14-33)41-27-25-39(29-47)49-41)34-15-11-32(12-16-34)42-28-26-40(30-48)50-42/h9-30H,5-8H2,1-4H3. The first-order valence-corrected chi connectivity index (χ1v) is 18.9. The van der Waals surface area contributed by atoms with Crippen LogP contribution in [0.1, 0.15) is 69.3 Å². The summed E-state index contributed by atoms with van der Waals surface area (Å²) < 4.78 is 0. The molecule has 0 saturated carbocycles. The molecule has 0 saturated heterocycles. The van der Waals surface area contributed by atoms with Gasteiger partial charge in [-0.3, -0.25) is 9.59 Å². The number of carbonyl (C=O) groups is 2. The summed E-state index contributed by atoms with van der Waals surface area (Å²) in [6.45, 7) is 12.6. The zero-order valence-electron chi connectivity index (χ0n) is 29.1. The summed E-state index contributed by atoms with van der Waals surface area (Å²) in [5.41, 5.74) is 11.4. The molecule has 6 heteroatoms. The molecule has 2 aromatic heterocycles. The van der Waals surface area contributed by atoms with Crippen molar-refractivity contribution in [3.05, 3.63) is 153 Å². The largest absolute Gasteiger partial charge is 0.372 e. The highest BCUT2D eigenvalue weighted by molar-refractivity contribution is 7.17. The summed E-state index contributed by atoms with van der Waals surface area (Å²) in [6, 6.07) is 43.1. The Bertz CT molecular complexity index is 1910. The van der Waals surface area contributed by atoms with Gasteiger partial charge in [-0.05, 0) is 121 Å². The summed E-state index contributed by atoms with van der Waals surface area (Å²) in [5.74, 6) is 0. The summed E-state index contributed by atoms with van der Waals surface area (Å²) in [7, 11) is 0. The molecule has 4 aromatic carbocycles. The summed E-state index contributed by atoms with van der Waals surface area (Å²) >= 11 is 3.01. The number of hydrogen-bond donors (Lipinski definition) is 0. The van der Waals surface area contributed by atoms with Gasteiger partial charge in [-0.25, -0.2) is 0 Å². The van der Waals surface area contributed by atoms with Crippen LogP contribution in [0, 0.1) is 0 Å². The highest BCUT2D eigenvalue weighted by atomic mass is 32.1. The number of thiophene rings is 2. The number of hydrogen-bond acceptors (Lipinski definition) is 6. The topological polar surface area (TPSA) is 40.6 Å². The second kappa shape index (κ2) is 16.1. The number of nitrogens with zero attached hydrogens (tertiary/aromatic N) is 2. The number of rotatable bonds is 14. The first-order valence-electron chi connectivity index (χ1n) is 17.3. The van der Waals surface area contributed by atoms with E-state index in [-0.39, 0.29) is 0 Å². The average molecular weight is 695 g/mol. The lowest BCUT2D eigenvalue weighted by molar-refractivity contribution is 0.111. The van der Waals surface area contributed by atoms with Gasteiger partial charge in [-0.2, -0.15) is 0 Å². The van der Waals surface area contributed by atoms with Gasteiger partial charge in [0.1, 0.15) is 0 Å². The normalized spacial score (nSPS) is 10.9. The van der Waals surface area contributed by atoms with Crippen molar-refractivity contribution < 1.29 is 9.59 Å². The number of benzene rings is 4. The molecule has 0 amide bonds. The van der Waals surface area contributed by atoms with E-state index < -0.39 is 0 Å². The van der Waals surface area contributed by atoms with Crippen molar-refractivity contribution in [3.8, 4) is 20.9 Å². The van der Waals surface area contributed by atoms with Gasteiger partial charge in [0.2, 0.25) is 0 Å². The Kier molecular flexibility index (Phi) is 11.2. The third-order valence-electron chi connectivity index (χ3n) is 9.22. The second-order valence-electron chi connectivity index (χ2n) is 12.0. The van der Waals surface area contributed by atoms with Crippen molar-refractivity contribution in [2.45, 2.75) is 27.7 Å². The van der Waals surface area contributed by atoms with Crippen LogP contribution in [0.2, 0.25) is 0 Å². The van der Waals surface area contributed by atoms with Crippen LogP contribution in [-0.4, -0.2) is 38.8 Å². The lowest BCUT2D eigenvalue weighted by Crippen LogP contribution is -2.21. The molecule has 6 aromatic rings. The second-order valence-corrected chi connectivity index (χ2v) is 14.2. The van der Waals surface area contributed by atoms with E-state index in [2.05, 4.69) is 135 Å². The molecule has 0 radical (unpaired) electrons. The van der Waals surface area contributed by atoms with E-state index in [1.54, 1.807) is 0 Å². The molecule has 0 atom stereocenters. The van der Waals surface area contributed by atoms with Gasteiger partial charge in [0.05, 0.1) is 9.75 Å². The third-order valence-corrected chi connectivity index (χ3v) is 11.3. The maximum Gasteiger partial charge on any atom is 0.160 e. The molecule has 0 fully saturated rings. The Balaban J connectivity index is 1.56. The molecule has 0 aliphatic carbocycles. The molecule has 0 bridgehead atoms. The Labute approximate surface area is 304 Å². The Morgan fingerprint density at radius 3 is 1.00 bits per heavy atom. The van der Waals surface area contributed by atoms with Crippen molar-refractivity contribution in [2.24, 2.45) is 0 Å². The summed E-state index contributed by atoms with van der Waals surface area (Å²) in [6.07, 6.45) is 1.82. The van der Waals surface area contributed by atoms with E-state index >= 15 is 0 Å². The van der Waals surface area contributed by atoms with E-state index in [0.717, 1.165) is 103 Å². The first kappa shape index (κ1) is 34.8. The predicted molar refractivity (Wildman–Crippen MR) is 215 cm³/mol. The SMILES string of the molecule is CCN(CC)c1ccc(C(=C(c2ccc(-c3ccc(C=O)s3)cc2)c2ccc(-c3ccc(C=O)s3)cc2)c2ccc(N(CC)CC)cc2)cc1. The van der Waals surface area contributed by atoms with Crippen LogP contribution in [0.25, 0.3) is 32.0 Å². The zero-order chi connectivity index (χ0) is 35.0. The summed E-state index contributed by atoms with van der Waals surface area (Å²) in [5, 5.41) is 0. The van der Waals surface area contributed by atoms with Crippen LogP contribution in [-0.2, 0) is 0 Å². The van der Waals surface area contributed by atoms with Crippen LogP contribution >= 0.6 is 22.7 Å². The van der Waals surface area contributed by atoms with Crippen LogP contribution in [0.15, 0.2) is 121 Å². The highest BCUT2D eigenvalue weighted by Gasteiger charge is 2.18. The van der Waals surface area contributed by atoms with Crippen molar-refractivity contribution in [2.75, 3.05) is 36.0 Å². The lowest BCUT2D eigenvalue weighted by Gasteiger charge is -2.24. The van der Waals surface area contributed by atoms with Gasteiger partial charge in [-0.15, -0.1) is 22.7 Å². The average Bonchev–Trinajstić information content (AvgIpc) is 3.87. The van der Waals surface area contributed by atoms with Gasteiger partial charge in [0.15, 0.2) is 12.6 Å². The molecule has 4 nitrogen and oxygen atoms in total. The number of aldehydes is 2. The predicted octanol–water partition coefficient (Wildman–Crippen LogP) is 11.5. The van der Waals surface area contributed by atoms with Gasteiger partial charge < -0.3 is 9.80 Å². The van der Waals surface area contributed by atoms with E-state index in [1.165, 1.54) is 34.0 Å². The minimum absolute atomic E-state index is 0.722. The maximum absolute atomic E-state index is 11.4. The van der Waals surface area contributed by atoms with Crippen molar-refractivity contribution in [1.82, 2.24) is 0 Å². The minimum Gasteiger partial charge on any atom is -0.372 e. The monoisotopic (exact) mass is 694 g/mol. The summed E-state index contributed by atoms with van der Waals surface area (Å²) in [4.78, 5) is 31.1. The zero-order valence-corrected chi connectivity index (χ0v) is 30.7. The van der Waals surface area contributed by atoms with Crippen LogP contribution < -0.4 is 9.80 Å². The highest BCUT2D eigenvalue weighted by Crippen LogP contribution is 2.40. The Morgan fingerprint density at radius 1 is 0.440 bits per heavy atom. The van der Waals surface area contributed by atoms with Gasteiger partial charge in [-0.1, -0.05) is 72.8 Å². The minimum atomic E-state index is 0.722. The Hall–Kier alpha value is -5.04. The number of anilines is 2. The molecule has 2 heterocycles. The van der Waals surface area contributed by atoms with Crippen molar-refractivity contribution in [1.29, 1.82) is 0 Å². The van der Waals surface area contributed by atoms with E-state index in [1.807, 2.05) is 24.3 Å². The maximum atomic E-state index is 11.4. The van der Waals surface area contributed by atoms with Crippen molar-refractivity contribution >= 4 is 57.8 Å². The molecule has 0 aliphatic rings. The van der Waals surface area contributed by atoms with Crippen LogP contribution in [0.4, 0.5) is 11.4 Å². The molecule has 252 valence electrons. The van der Waals surface area contributed by atoms with Gasteiger partial charge in [0, 0.05) is 47.3 Å². The molecule has 0 spiro atoms. The first-order chi connectivity index (χ1) is 24.5. The molecule has 0 N–H and O–H groups in total. The Morgan fingerprint density at radius 2 is 0.740 bits per heavy atom. The van der Waals surface area contributed by atoms with Crippen molar-refractivity contribution in [3.63, 3.8) is 0 Å². The number of carbonyl (C=O) groups excluding carboxylic acids is 2. The third kappa shape index (κ3) is 7.42. The molecule has 0 unspecified atom stereocenters. The van der Waals surface area contributed by atoms with E-state index in [9.17, 15) is 9.59 Å². The fourth-order valence-electron chi connectivity index (χ4n) is 6.51. The smallest absolute Gasteiger partial charge is 0.160 e. The molecule has 0 aliphatic heterocycles. The molecular weight excluding hydrogens is 653 g/mol. The molecule has 6 rings (SSSR count). The van der Waals surface area contributed by atoms with E-state index in [4.69, 9.17) is 0 Å².